The van der Waals surface area contributed by atoms with Gasteiger partial charge in [0.25, 0.3) is 0 Å². The Morgan fingerprint density at radius 2 is 1.81 bits per heavy atom. The first-order chi connectivity index (χ1) is 9.70. The molecule has 1 aliphatic rings. The first-order valence-electron chi connectivity index (χ1n) is 7.02. The molecule has 1 fully saturated rings. The fraction of sp³-hybridized carbons (Fsp3) is 0.533. The van der Waals surface area contributed by atoms with Crippen molar-refractivity contribution in [2.75, 3.05) is 0 Å². The Balaban J connectivity index is 2.31. The zero-order chi connectivity index (χ0) is 15.8. The Morgan fingerprint density at radius 1 is 1.29 bits per heavy atom. The van der Waals surface area contributed by atoms with E-state index in [1.54, 1.807) is 13.8 Å². The predicted molar refractivity (Wildman–Crippen MR) is 79.7 cm³/mol. The smallest absolute Gasteiger partial charge is 0.304 e. The van der Waals surface area contributed by atoms with Crippen molar-refractivity contribution in [3.8, 4) is 0 Å². The Hall–Kier alpha value is -1.40. The van der Waals surface area contributed by atoms with E-state index in [0.29, 0.717) is 11.1 Å². The molecule has 0 bridgehead atoms. The minimum atomic E-state index is -3.70. The van der Waals surface area contributed by atoms with Gasteiger partial charge in [-0.3, -0.25) is 4.79 Å². The molecule has 6 heteroatoms. The molecule has 1 aromatic rings. The second-order valence-corrected chi connectivity index (χ2v) is 7.54. The Morgan fingerprint density at radius 3 is 2.24 bits per heavy atom. The van der Waals surface area contributed by atoms with E-state index < -0.39 is 22.0 Å². The van der Waals surface area contributed by atoms with E-state index in [2.05, 4.69) is 4.72 Å². The summed E-state index contributed by atoms with van der Waals surface area (Å²) in [5.74, 6) is -0.839. The van der Waals surface area contributed by atoms with Gasteiger partial charge in [0.2, 0.25) is 10.0 Å². The van der Waals surface area contributed by atoms with Crippen molar-refractivity contribution in [3.05, 3.63) is 28.8 Å². The number of sulfonamides is 1. The summed E-state index contributed by atoms with van der Waals surface area (Å²) in [5, 5.41) is 8.94. The number of carboxylic acids is 1. The fourth-order valence-corrected chi connectivity index (χ4v) is 4.60. The number of carboxylic acid groups (broad SMARTS) is 1. The molecule has 1 unspecified atom stereocenters. The largest absolute Gasteiger partial charge is 0.481 e. The van der Waals surface area contributed by atoms with Crippen LogP contribution in [0, 0.1) is 26.7 Å². The highest BCUT2D eigenvalue weighted by atomic mass is 32.2. The lowest BCUT2D eigenvalue weighted by Crippen LogP contribution is -2.38. The van der Waals surface area contributed by atoms with E-state index in [0.717, 1.165) is 18.4 Å². The minimum Gasteiger partial charge on any atom is -0.481 e. The Labute approximate surface area is 125 Å². The molecule has 0 radical (unpaired) electrons. The summed E-state index contributed by atoms with van der Waals surface area (Å²) < 4.78 is 27.8. The molecular weight excluding hydrogens is 290 g/mol. The van der Waals surface area contributed by atoms with Crippen LogP contribution in [0.15, 0.2) is 17.0 Å². The van der Waals surface area contributed by atoms with Crippen LogP contribution in [0.4, 0.5) is 0 Å². The third kappa shape index (κ3) is 3.83. The van der Waals surface area contributed by atoms with Gasteiger partial charge in [0.15, 0.2) is 0 Å². The summed E-state index contributed by atoms with van der Waals surface area (Å²) >= 11 is 0. The quantitative estimate of drug-likeness (QED) is 0.843. The molecule has 5 nitrogen and oxygen atoms in total. The standard InChI is InChI=1S/C15H21NO4S/c1-9-6-10(2)15(11(3)7-9)21(19,20)16-13(8-14(17)18)12-4-5-12/h6-7,12-13,16H,4-5,8H2,1-3H3,(H,17,18). The monoisotopic (exact) mass is 311 g/mol. The van der Waals surface area contributed by atoms with Crippen molar-refractivity contribution in [1.29, 1.82) is 0 Å². The predicted octanol–water partition coefficient (Wildman–Crippen LogP) is 2.14. The number of nitrogens with one attached hydrogen (secondary N) is 1. The van der Waals surface area contributed by atoms with Gasteiger partial charge in [0, 0.05) is 6.04 Å². The average molecular weight is 311 g/mol. The van der Waals surface area contributed by atoms with Crippen LogP contribution in [0.5, 0.6) is 0 Å². The topological polar surface area (TPSA) is 83.5 Å². The van der Waals surface area contributed by atoms with E-state index >= 15 is 0 Å². The highest BCUT2D eigenvalue weighted by Crippen LogP contribution is 2.35. The van der Waals surface area contributed by atoms with E-state index in [-0.39, 0.29) is 17.2 Å². The molecule has 0 spiro atoms. The summed E-state index contributed by atoms with van der Waals surface area (Å²) in [4.78, 5) is 11.2. The van der Waals surface area contributed by atoms with Crippen molar-refractivity contribution in [2.45, 2.75) is 51.0 Å². The van der Waals surface area contributed by atoms with Gasteiger partial charge < -0.3 is 5.11 Å². The molecule has 1 atom stereocenters. The van der Waals surface area contributed by atoms with Crippen LogP contribution in [-0.4, -0.2) is 25.5 Å². The number of rotatable bonds is 6. The zero-order valence-corrected chi connectivity index (χ0v) is 13.3. The molecule has 2 rings (SSSR count). The third-order valence-corrected chi connectivity index (χ3v) is 5.56. The fourth-order valence-electron chi connectivity index (χ4n) is 2.84. The molecule has 0 saturated heterocycles. The lowest BCUT2D eigenvalue weighted by molar-refractivity contribution is -0.137. The van der Waals surface area contributed by atoms with E-state index in [1.165, 1.54) is 0 Å². The van der Waals surface area contributed by atoms with Crippen molar-refractivity contribution in [3.63, 3.8) is 0 Å². The Kier molecular flexibility index (Phi) is 4.39. The van der Waals surface area contributed by atoms with Crippen LogP contribution in [0.25, 0.3) is 0 Å². The maximum absolute atomic E-state index is 12.6. The van der Waals surface area contributed by atoms with Gasteiger partial charge in [-0.1, -0.05) is 17.7 Å². The molecule has 2 N–H and O–H groups in total. The van der Waals surface area contributed by atoms with Gasteiger partial charge in [-0.05, 0) is 50.7 Å². The van der Waals surface area contributed by atoms with E-state index in [4.69, 9.17) is 5.11 Å². The highest BCUT2D eigenvalue weighted by Gasteiger charge is 2.36. The van der Waals surface area contributed by atoms with Crippen LogP contribution < -0.4 is 4.72 Å². The highest BCUT2D eigenvalue weighted by molar-refractivity contribution is 7.89. The summed E-state index contributed by atoms with van der Waals surface area (Å²) in [7, 11) is -3.70. The summed E-state index contributed by atoms with van der Waals surface area (Å²) in [6.45, 7) is 5.44. The number of carbonyl (C=O) groups is 1. The first-order valence-corrected chi connectivity index (χ1v) is 8.51. The van der Waals surface area contributed by atoms with Crippen LogP contribution >= 0.6 is 0 Å². The molecule has 0 heterocycles. The molecule has 0 aliphatic heterocycles. The summed E-state index contributed by atoms with van der Waals surface area (Å²) in [6, 6.07) is 3.13. The van der Waals surface area contributed by atoms with E-state index in [9.17, 15) is 13.2 Å². The maximum atomic E-state index is 12.6. The van der Waals surface area contributed by atoms with E-state index in [1.807, 2.05) is 19.1 Å². The van der Waals surface area contributed by atoms with Crippen molar-refractivity contribution >= 4 is 16.0 Å². The van der Waals surface area contributed by atoms with Crippen LogP contribution in [0.3, 0.4) is 0 Å². The van der Waals surface area contributed by atoms with Crippen LogP contribution in [-0.2, 0) is 14.8 Å². The molecule has 21 heavy (non-hydrogen) atoms. The van der Waals surface area contributed by atoms with Gasteiger partial charge in [-0.2, -0.15) is 0 Å². The lowest BCUT2D eigenvalue weighted by Gasteiger charge is -2.19. The van der Waals surface area contributed by atoms with Crippen LogP contribution in [0.2, 0.25) is 0 Å². The molecule has 0 amide bonds. The second-order valence-electron chi connectivity index (χ2n) is 5.89. The molecule has 1 aromatic carbocycles. The lowest BCUT2D eigenvalue weighted by atomic mass is 10.1. The van der Waals surface area contributed by atoms with Gasteiger partial charge >= 0.3 is 5.97 Å². The second kappa shape index (κ2) is 5.77. The van der Waals surface area contributed by atoms with Crippen molar-refractivity contribution in [1.82, 2.24) is 4.72 Å². The molecule has 1 saturated carbocycles. The molecule has 0 aromatic heterocycles. The molecular formula is C15H21NO4S. The molecule has 116 valence electrons. The summed E-state index contributed by atoms with van der Waals surface area (Å²) in [6.07, 6.45) is 1.59. The number of aryl methyl sites for hydroxylation is 3. The van der Waals surface area contributed by atoms with Gasteiger partial charge in [-0.15, -0.1) is 0 Å². The number of hydrogen-bond acceptors (Lipinski definition) is 3. The van der Waals surface area contributed by atoms with Crippen molar-refractivity contribution < 1.29 is 18.3 Å². The normalized spacial score (nSPS) is 16.7. The third-order valence-electron chi connectivity index (χ3n) is 3.77. The average Bonchev–Trinajstić information content (AvgIpc) is 3.07. The van der Waals surface area contributed by atoms with Crippen LogP contribution in [0.1, 0.15) is 36.0 Å². The SMILES string of the molecule is Cc1cc(C)c(S(=O)(=O)NC(CC(=O)O)C2CC2)c(C)c1. The zero-order valence-electron chi connectivity index (χ0n) is 12.5. The first kappa shape index (κ1) is 16.0. The number of benzene rings is 1. The number of aliphatic carboxylic acids is 1. The Bertz CT molecular complexity index is 639. The summed E-state index contributed by atoms with van der Waals surface area (Å²) in [5.41, 5.74) is 2.38. The van der Waals surface area contributed by atoms with Crippen molar-refractivity contribution in [2.24, 2.45) is 5.92 Å². The molecule has 1 aliphatic carbocycles. The van der Waals surface area contributed by atoms with Gasteiger partial charge in [0.05, 0.1) is 11.3 Å². The van der Waals surface area contributed by atoms with Gasteiger partial charge in [-0.25, -0.2) is 13.1 Å². The number of hydrogen-bond donors (Lipinski definition) is 2. The maximum Gasteiger partial charge on any atom is 0.304 e. The minimum absolute atomic E-state index is 0.141. The van der Waals surface area contributed by atoms with Gasteiger partial charge in [0.1, 0.15) is 0 Å².